The molecule has 1 aliphatic heterocycles. The molecule has 0 saturated heterocycles. The van der Waals surface area contributed by atoms with Crippen molar-refractivity contribution in [2.45, 2.75) is 33.4 Å². The van der Waals surface area contributed by atoms with Crippen LogP contribution in [0.5, 0.6) is 0 Å². The van der Waals surface area contributed by atoms with E-state index in [2.05, 4.69) is 30.9 Å². The third-order valence-corrected chi connectivity index (χ3v) is 2.25. The molecule has 0 fully saturated rings. The van der Waals surface area contributed by atoms with Gasteiger partial charge in [-0.3, -0.25) is 0 Å². The third kappa shape index (κ3) is 1.46. The first kappa shape index (κ1) is 8.69. The molecule has 0 bridgehead atoms. The van der Waals surface area contributed by atoms with Crippen molar-refractivity contribution in [1.82, 2.24) is 14.8 Å². The fourth-order valence-corrected chi connectivity index (χ4v) is 1.62. The van der Waals surface area contributed by atoms with E-state index in [1.54, 1.807) is 6.33 Å². The van der Waals surface area contributed by atoms with Crippen LogP contribution in [0.15, 0.2) is 6.33 Å². The number of rotatable bonds is 0. The van der Waals surface area contributed by atoms with Crippen LogP contribution in [0.25, 0.3) is 0 Å². The molecule has 0 spiro atoms. The van der Waals surface area contributed by atoms with Crippen molar-refractivity contribution >= 4 is 0 Å². The van der Waals surface area contributed by atoms with Gasteiger partial charge in [0, 0.05) is 0 Å². The van der Waals surface area contributed by atoms with Crippen LogP contribution >= 0.6 is 0 Å². The molecule has 0 amide bonds. The second-order valence-corrected chi connectivity index (χ2v) is 4.46. The summed E-state index contributed by atoms with van der Waals surface area (Å²) in [4.78, 5) is 4.23. The van der Waals surface area contributed by atoms with Crippen molar-refractivity contribution in [3.8, 4) is 0 Å². The number of ether oxygens (including phenoxy) is 1. The van der Waals surface area contributed by atoms with Gasteiger partial charge in [0.15, 0.2) is 5.82 Å². The first-order valence-corrected chi connectivity index (χ1v) is 4.58. The van der Waals surface area contributed by atoms with E-state index in [0.717, 1.165) is 19.0 Å². The summed E-state index contributed by atoms with van der Waals surface area (Å²) >= 11 is 0. The van der Waals surface area contributed by atoms with Crippen LogP contribution in [0.3, 0.4) is 0 Å². The molecular weight excluding hydrogens is 166 g/mol. The number of nitrogens with zero attached hydrogens (tertiary/aromatic N) is 3. The molecule has 72 valence electrons. The standard InChI is InChI=1S/C9H15N3O/c1-9(2,3)7-8-10-6-11-12(8)4-5-13-7/h6-7H,4-5H2,1-3H3. The van der Waals surface area contributed by atoms with Gasteiger partial charge in [-0.15, -0.1) is 0 Å². The lowest BCUT2D eigenvalue weighted by atomic mass is 9.88. The zero-order valence-electron chi connectivity index (χ0n) is 8.32. The highest BCUT2D eigenvalue weighted by Crippen LogP contribution is 2.36. The first-order valence-electron chi connectivity index (χ1n) is 4.58. The Morgan fingerprint density at radius 3 is 3.00 bits per heavy atom. The number of fused-ring (bicyclic) bond motifs is 1. The van der Waals surface area contributed by atoms with Gasteiger partial charge in [0.25, 0.3) is 0 Å². The minimum absolute atomic E-state index is 0.0729. The van der Waals surface area contributed by atoms with Crippen LogP contribution in [0, 0.1) is 5.41 Å². The average Bonchev–Trinajstić information content (AvgIpc) is 2.48. The zero-order valence-corrected chi connectivity index (χ0v) is 8.32. The Kier molecular flexibility index (Phi) is 1.87. The maximum Gasteiger partial charge on any atom is 0.156 e. The van der Waals surface area contributed by atoms with Gasteiger partial charge in [-0.2, -0.15) is 5.10 Å². The van der Waals surface area contributed by atoms with Gasteiger partial charge in [-0.05, 0) is 5.41 Å². The summed E-state index contributed by atoms with van der Waals surface area (Å²) in [6.07, 6.45) is 1.67. The largest absolute Gasteiger partial charge is 0.368 e. The Morgan fingerprint density at radius 2 is 2.31 bits per heavy atom. The summed E-state index contributed by atoms with van der Waals surface area (Å²) < 4.78 is 7.63. The van der Waals surface area contributed by atoms with Crippen molar-refractivity contribution in [2.24, 2.45) is 5.41 Å². The fraction of sp³-hybridized carbons (Fsp3) is 0.778. The third-order valence-electron chi connectivity index (χ3n) is 2.25. The molecule has 0 radical (unpaired) electrons. The molecule has 2 rings (SSSR count). The van der Waals surface area contributed by atoms with E-state index in [1.807, 2.05) is 4.68 Å². The highest BCUT2D eigenvalue weighted by atomic mass is 16.5. The Bertz CT molecular complexity index is 300. The smallest absolute Gasteiger partial charge is 0.156 e. The minimum Gasteiger partial charge on any atom is -0.368 e. The van der Waals surface area contributed by atoms with Crippen LogP contribution in [0.1, 0.15) is 32.7 Å². The maximum atomic E-state index is 5.70. The van der Waals surface area contributed by atoms with Crippen LogP contribution in [0.2, 0.25) is 0 Å². The van der Waals surface area contributed by atoms with Gasteiger partial charge in [-0.1, -0.05) is 20.8 Å². The quantitative estimate of drug-likeness (QED) is 0.607. The van der Waals surface area contributed by atoms with Crippen LogP contribution in [-0.4, -0.2) is 21.4 Å². The van der Waals surface area contributed by atoms with Gasteiger partial charge in [0.2, 0.25) is 0 Å². The Hall–Kier alpha value is -0.900. The van der Waals surface area contributed by atoms with Gasteiger partial charge < -0.3 is 4.74 Å². The van der Waals surface area contributed by atoms with Crippen LogP contribution < -0.4 is 0 Å². The molecule has 4 heteroatoms. The number of aromatic nitrogens is 3. The Labute approximate surface area is 77.9 Å². The van der Waals surface area contributed by atoms with E-state index in [9.17, 15) is 0 Å². The van der Waals surface area contributed by atoms with Gasteiger partial charge in [-0.25, -0.2) is 9.67 Å². The second-order valence-electron chi connectivity index (χ2n) is 4.46. The molecule has 0 saturated carbocycles. The minimum atomic E-state index is 0.0729. The summed E-state index contributed by atoms with van der Waals surface area (Å²) in [5.74, 6) is 0.957. The topological polar surface area (TPSA) is 39.9 Å². The molecule has 2 heterocycles. The molecule has 1 aromatic heterocycles. The van der Waals surface area contributed by atoms with Gasteiger partial charge >= 0.3 is 0 Å². The summed E-state index contributed by atoms with van der Waals surface area (Å²) in [7, 11) is 0. The molecule has 13 heavy (non-hydrogen) atoms. The molecule has 4 nitrogen and oxygen atoms in total. The normalized spacial score (nSPS) is 22.8. The maximum absolute atomic E-state index is 5.70. The summed E-state index contributed by atoms with van der Waals surface area (Å²) in [5.41, 5.74) is 0.0885. The van der Waals surface area contributed by atoms with Crippen LogP contribution in [-0.2, 0) is 11.3 Å². The zero-order chi connectivity index (χ0) is 9.47. The molecule has 0 aromatic carbocycles. The van der Waals surface area contributed by atoms with E-state index in [0.29, 0.717) is 0 Å². The summed E-state index contributed by atoms with van der Waals surface area (Å²) in [5, 5.41) is 4.15. The molecule has 1 aromatic rings. The second kappa shape index (κ2) is 2.80. The molecule has 0 aliphatic carbocycles. The van der Waals surface area contributed by atoms with Gasteiger partial charge in [0.1, 0.15) is 12.4 Å². The number of hydrogen-bond donors (Lipinski definition) is 0. The Morgan fingerprint density at radius 1 is 1.54 bits per heavy atom. The van der Waals surface area contributed by atoms with Crippen molar-refractivity contribution < 1.29 is 4.74 Å². The van der Waals surface area contributed by atoms with E-state index in [1.165, 1.54) is 0 Å². The predicted molar refractivity (Wildman–Crippen MR) is 48.2 cm³/mol. The van der Waals surface area contributed by atoms with Gasteiger partial charge in [0.05, 0.1) is 13.2 Å². The highest BCUT2D eigenvalue weighted by Gasteiger charge is 2.33. The molecular formula is C9H15N3O. The van der Waals surface area contributed by atoms with Crippen LogP contribution in [0.4, 0.5) is 0 Å². The van der Waals surface area contributed by atoms with Crippen molar-refractivity contribution in [3.05, 3.63) is 12.2 Å². The first-order chi connectivity index (χ1) is 6.09. The number of hydrogen-bond acceptors (Lipinski definition) is 3. The lowest BCUT2D eigenvalue weighted by molar-refractivity contribution is -0.0509. The monoisotopic (exact) mass is 181 g/mol. The van der Waals surface area contributed by atoms with E-state index < -0.39 is 0 Å². The fourth-order valence-electron chi connectivity index (χ4n) is 1.62. The molecule has 1 aliphatic rings. The lowest BCUT2D eigenvalue weighted by Crippen LogP contribution is -2.31. The molecule has 0 N–H and O–H groups in total. The lowest BCUT2D eigenvalue weighted by Gasteiger charge is -2.32. The average molecular weight is 181 g/mol. The summed E-state index contributed by atoms with van der Waals surface area (Å²) in [6.45, 7) is 8.02. The predicted octanol–water partition coefficient (Wildman–Crippen LogP) is 1.40. The van der Waals surface area contributed by atoms with E-state index >= 15 is 0 Å². The SMILES string of the molecule is CC(C)(C)C1OCCn2ncnc21. The van der Waals surface area contributed by atoms with Crippen molar-refractivity contribution in [2.75, 3.05) is 6.61 Å². The summed E-state index contributed by atoms with van der Waals surface area (Å²) in [6, 6.07) is 0. The van der Waals surface area contributed by atoms with E-state index in [-0.39, 0.29) is 11.5 Å². The van der Waals surface area contributed by atoms with Crippen molar-refractivity contribution in [1.29, 1.82) is 0 Å². The van der Waals surface area contributed by atoms with Crippen molar-refractivity contribution in [3.63, 3.8) is 0 Å². The molecule has 1 unspecified atom stereocenters. The molecule has 1 atom stereocenters. The highest BCUT2D eigenvalue weighted by molar-refractivity contribution is 4.98. The van der Waals surface area contributed by atoms with E-state index in [4.69, 9.17) is 4.74 Å². The Balaban J connectivity index is 2.35.